The predicted molar refractivity (Wildman–Crippen MR) is 92.2 cm³/mol. The molecule has 0 heterocycles. The molecule has 0 aromatic rings. The van der Waals surface area contributed by atoms with Gasteiger partial charge >= 0.3 is 6.09 Å². The van der Waals surface area contributed by atoms with Gasteiger partial charge in [-0.1, -0.05) is 0 Å². The molecule has 1 fully saturated rings. The molecule has 1 aliphatic rings. The minimum Gasteiger partial charge on any atom is -0.444 e. The fourth-order valence-electron chi connectivity index (χ4n) is 2.95. The first-order valence-electron chi connectivity index (χ1n) is 8.63. The molecule has 146 valence electrons. The molecule has 0 radical (unpaired) electrons. The lowest BCUT2D eigenvalue weighted by Crippen LogP contribution is -2.47. The summed E-state index contributed by atoms with van der Waals surface area (Å²) in [6.45, 7) is 5.11. The van der Waals surface area contributed by atoms with Crippen LogP contribution in [-0.4, -0.2) is 68.3 Å². The Kier molecular flexibility index (Phi) is 8.61. The maximum absolute atomic E-state index is 11.8. The quantitative estimate of drug-likeness (QED) is 0.621. The van der Waals surface area contributed by atoms with E-state index in [0.717, 1.165) is 12.8 Å². The van der Waals surface area contributed by atoms with Gasteiger partial charge in [-0.3, -0.25) is 4.79 Å². The Morgan fingerprint density at radius 1 is 1.16 bits per heavy atom. The summed E-state index contributed by atoms with van der Waals surface area (Å²) in [7, 11) is 3.28. The summed E-state index contributed by atoms with van der Waals surface area (Å²) >= 11 is 0. The molecule has 4 unspecified atom stereocenters. The van der Waals surface area contributed by atoms with Gasteiger partial charge in [0.15, 0.2) is 0 Å². The van der Waals surface area contributed by atoms with Gasteiger partial charge in [-0.25, -0.2) is 4.79 Å². The largest absolute Gasteiger partial charge is 0.444 e. The van der Waals surface area contributed by atoms with Gasteiger partial charge < -0.3 is 30.0 Å². The molecule has 0 saturated heterocycles. The number of alkyl carbamates (subject to hydrolysis) is 1. The first-order chi connectivity index (χ1) is 11.7. The standard InChI is InChI=1S/C17H32N2O6/c1-17(2,3)25-16(22)19-10-15(21)18-9-13(20)12-8-11(23-4)6-7-14(12)24-5/h11-14,20H,6-10H2,1-5H3,(H,18,21)(H,19,22). The lowest BCUT2D eigenvalue weighted by Gasteiger charge is -2.37. The molecule has 8 heteroatoms. The summed E-state index contributed by atoms with van der Waals surface area (Å²) < 4.78 is 15.9. The van der Waals surface area contributed by atoms with Crippen LogP contribution in [0.15, 0.2) is 0 Å². The van der Waals surface area contributed by atoms with E-state index in [1.165, 1.54) is 0 Å². The highest BCUT2D eigenvalue weighted by Gasteiger charge is 2.35. The number of carbonyl (C=O) groups excluding carboxylic acids is 2. The van der Waals surface area contributed by atoms with Gasteiger partial charge in [-0.05, 0) is 40.0 Å². The summed E-state index contributed by atoms with van der Waals surface area (Å²) in [5, 5.41) is 15.4. The van der Waals surface area contributed by atoms with E-state index in [2.05, 4.69) is 10.6 Å². The van der Waals surface area contributed by atoms with Crippen molar-refractivity contribution >= 4 is 12.0 Å². The number of aliphatic hydroxyl groups is 1. The molecule has 3 N–H and O–H groups in total. The molecule has 25 heavy (non-hydrogen) atoms. The Morgan fingerprint density at radius 2 is 1.84 bits per heavy atom. The van der Waals surface area contributed by atoms with Crippen molar-refractivity contribution in [2.45, 2.75) is 63.9 Å². The van der Waals surface area contributed by atoms with E-state index >= 15 is 0 Å². The van der Waals surface area contributed by atoms with Crippen LogP contribution in [0.1, 0.15) is 40.0 Å². The third-order valence-corrected chi connectivity index (χ3v) is 4.22. The van der Waals surface area contributed by atoms with E-state index < -0.39 is 23.7 Å². The van der Waals surface area contributed by atoms with Crippen molar-refractivity contribution in [2.75, 3.05) is 27.3 Å². The molecular weight excluding hydrogens is 328 g/mol. The maximum atomic E-state index is 11.8. The van der Waals surface area contributed by atoms with Crippen LogP contribution in [0.3, 0.4) is 0 Å². The number of hydrogen-bond acceptors (Lipinski definition) is 6. The van der Waals surface area contributed by atoms with E-state index in [0.29, 0.717) is 6.42 Å². The molecule has 4 atom stereocenters. The average Bonchev–Trinajstić information content (AvgIpc) is 2.55. The van der Waals surface area contributed by atoms with Gasteiger partial charge in [-0.15, -0.1) is 0 Å². The summed E-state index contributed by atoms with van der Waals surface area (Å²) in [6, 6.07) is 0. The van der Waals surface area contributed by atoms with E-state index in [4.69, 9.17) is 14.2 Å². The van der Waals surface area contributed by atoms with Gasteiger partial charge in [0.25, 0.3) is 0 Å². The minimum atomic E-state index is -0.742. The van der Waals surface area contributed by atoms with Gasteiger partial charge in [-0.2, -0.15) is 0 Å². The highest BCUT2D eigenvalue weighted by atomic mass is 16.6. The molecule has 0 aromatic heterocycles. The first-order valence-corrected chi connectivity index (χ1v) is 8.63. The monoisotopic (exact) mass is 360 g/mol. The van der Waals surface area contributed by atoms with Crippen molar-refractivity contribution in [3.05, 3.63) is 0 Å². The first kappa shape index (κ1) is 21.7. The number of methoxy groups -OCH3 is 2. The summed E-state index contributed by atoms with van der Waals surface area (Å²) in [4.78, 5) is 23.3. The van der Waals surface area contributed by atoms with E-state index in [-0.39, 0.29) is 31.2 Å². The van der Waals surface area contributed by atoms with Crippen LogP contribution in [0.5, 0.6) is 0 Å². The molecule has 1 rings (SSSR count). The topological polar surface area (TPSA) is 106 Å². The Bertz CT molecular complexity index is 437. The number of amides is 2. The summed E-state index contributed by atoms with van der Waals surface area (Å²) in [6.07, 6.45) is 1.03. The van der Waals surface area contributed by atoms with Crippen LogP contribution in [0.4, 0.5) is 4.79 Å². The lowest BCUT2D eigenvalue weighted by atomic mass is 9.81. The molecule has 0 spiro atoms. The molecule has 0 aromatic carbocycles. The van der Waals surface area contributed by atoms with Crippen molar-refractivity contribution in [1.82, 2.24) is 10.6 Å². The second-order valence-electron chi connectivity index (χ2n) is 7.34. The van der Waals surface area contributed by atoms with E-state index in [9.17, 15) is 14.7 Å². The predicted octanol–water partition coefficient (Wildman–Crippen LogP) is 0.818. The van der Waals surface area contributed by atoms with Crippen LogP contribution in [0.2, 0.25) is 0 Å². The highest BCUT2D eigenvalue weighted by Crippen LogP contribution is 2.30. The number of ether oxygens (including phenoxy) is 3. The van der Waals surface area contributed by atoms with Crippen LogP contribution in [0.25, 0.3) is 0 Å². The van der Waals surface area contributed by atoms with Crippen molar-refractivity contribution < 1.29 is 28.9 Å². The van der Waals surface area contributed by atoms with Crippen molar-refractivity contribution in [2.24, 2.45) is 5.92 Å². The Morgan fingerprint density at radius 3 is 2.40 bits per heavy atom. The lowest BCUT2D eigenvalue weighted by molar-refractivity contribution is -0.121. The highest BCUT2D eigenvalue weighted by molar-refractivity contribution is 5.82. The summed E-state index contributed by atoms with van der Waals surface area (Å²) in [5.41, 5.74) is -0.620. The SMILES string of the molecule is COC1CCC(OC)C(C(O)CNC(=O)CNC(=O)OC(C)(C)C)C1. The van der Waals surface area contributed by atoms with Crippen molar-refractivity contribution in [3.8, 4) is 0 Å². The Hall–Kier alpha value is -1.38. The normalized spacial score (nSPS) is 25.1. The fourth-order valence-corrected chi connectivity index (χ4v) is 2.95. The van der Waals surface area contributed by atoms with Crippen molar-refractivity contribution in [1.29, 1.82) is 0 Å². The number of hydrogen-bond donors (Lipinski definition) is 3. The van der Waals surface area contributed by atoms with E-state index in [1.54, 1.807) is 35.0 Å². The third-order valence-electron chi connectivity index (χ3n) is 4.22. The Labute approximate surface area is 149 Å². The van der Waals surface area contributed by atoms with Crippen LogP contribution in [0, 0.1) is 5.92 Å². The van der Waals surface area contributed by atoms with Gasteiger partial charge in [0.1, 0.15) is 5.60 Å². The van der Waals surface area contributed by atoms with Crippen LogP contribution >= 0.6 is 0 Å². The second kappa shape index (κ2) is 9.94. The molecule has 0 aliphatic heterocycles. The van der Waals surface area contributed by atoms with E-state index in [1.807, 2.05) is 0 Å². The molecule has 1 saturated carbocycles. The Balaban J connectivity index is 2.37. The fraction of sp³-hybridized carbons (Fsp3) is 0.882. The van der Waals surface area contributed by atoms with Gasteiger partial charge in [0.05, 0.1) is 24.9 Å². The van der Waals surface area contributed by atoms with Gasteiger partial charge in [0.2, 0.25) is 5.91 Å². The molecule has 2 amide bonds. The maximum Gasteiger partial charge on any atom is 0.408 e. The van der Waals surface area contributed by atoms with Crippen LogP contribution < -0.4 is 10.6 Å². The molecular formula is C17H32N2O6. The molecule has 8 nitrogen and oxygen atoms in total. The van der Waals surface area contributed by atoms with Crippen LogP contribution in [-0.2, 0) is 19.0 Å². The number of carbonyl (C=O) groups is 2. The number of aliphatic hydroxyl groups excluding tert-OH is 1. The van der Waals surface area contributed by atoms with Gasteiger partial charge in [0, 0.05) is 26.7 Å². The molecule has 1 aliphatic carbocycles. The summed E-state index contributed by atoms with van der Waals surface area (Å²) in [5.74, 6) is -0.499. The zero-order chi connectivity index (χ0) is 19.0. The van der Waals surface area contributed by atoms with Crippen molar-refractivity contribution in [3.63, 3.8) is 0 Å². The second-order valence-corrected chi connectivity index (χ2v) is 7.34. The number of rotatable bonds is 7. The third kappa shape index (κ3) is 8.02. The zero-order valence-electron chi connectivity index (χ0n) is 15.8. The average molecular weight is 360 g/mol. The minimum absolute atomic E-state index is 0.0572. The zero-order valence-corrected chi connectivity index (χ0v) is 15.8. The number of nitrogens with one attached hydrogen (secondary N) is 2. The smallest absolute Gasteiger partial charge is 0.408 e. The molecule has 0 bridgehead atoms.